The predicted octanol–water partition coefficient (Wildman–Crippen LogP) is 0.441. The van der Waals surface area contributed by atoms with Crippen molar-refractivity contribution in [3.05, 3.63) is 18.0 Å². The number of aryl methyl sites for hydroxylation is 1. The van der Waals surface area contributed by atoms with Crippen molar-refractivity contribution in [2.75, 3.05) is 19.6 Å². The maximum absolute atomic E-state index is 12.4. The van der Waals surface area contributed by atoms with Gasteiger partial charge in [0, 0.05) is 18.8 Å². The summed E-state index contributed by atoms with van der Waals surface area (Å²) < 4.78 is 1.95. The zero-order valence-electron chi connectivity index (χ0n) is 14.3. The molecular formula is C17H27N5O2. The van der Waals surface area contributed by atoms with Crippen LogP contribution >= 0.6 is 0 Å². The van der Waals surface area contributed by atoms with Gasteiger partial charge in [-0.05, 0) is 51.1 Å². The van der Waals surface area contributed by atoms with Gasteiger partial charge in [0.1, 0.15) is 6.04 Å². The van der Waals surface area contributed by atoms with Crippen molar-refractivity contribution in [1.29, 1.82) is 0 Å². The lowest BCUT2D eigenvalue weighted by atomic mass is 10.1. The molecular weight excluding hydrogens is 306 g/mol. The van der Waals surface area contributed by atoms with E-state index in [-0.39, 0.29) is 17.9 Å². The summed E-state index contributed by atoms with van der Waals surface area (Å²) in [6.07, 6.45) is 8.75. The molecule has 2 saturated heterocycles. The summed E-state index contributed by atoms with van der Waals surface area (Å²) in [5, 5.41) is 10.1. The van der Waals surface area contributed by atoms with Crippen LogP contribution in [0.3, 0.4) is 0 Å². The summed E-state index contributed by atoms with van der Waals surface area (Å²) in [5.74, 6) is -0.105. The van der Waals surface area contributed by atoms with Crippen LogP contribution in [0.4, 0.5) is 0 Å². The fourth-order valence-electron chi connectivity index (χ4n) is 3.59. The summed E-state index contributed by atoms with van der Waals surface area (Å²) in [5.41, 5.74) is 1.15. The van der Waals surface area contributed by atoms with Crippen LogP contribution < -0.4 is 10.6 Å². The predicted molar refractivity (Wildman–Crippen MR) is 90.4 cm³/mol. The normalized spacial score (nSPS) is 25.3. The Balaban J connectivity index is 1.51. The zero-order chi connectivity index (χ0) is 16.9. The van der Waals surface area contributed by atoms with Crippen LogP contribution in [0.15, 0.2) is 12.4 Å². The van der Waals surface area contributed by atoms with Crippen molar-refractivity contribution in [3.63, 3.8) is 0 Å². The molecule has 2 fully saturated rings. The van der Waals surface area contributed by atoms with Crippen LogP contribution in [-0.2, 0) is 16.1 Å². The van der Waals surface area contributed by atoms with Crippen LogP contribution in [0.2, 0.25) is 0 Å². The second-order valence-corrected chi connectivity index (χ2v) is 6.91. The van der Waals surface area contributed by atoms with E-state index in [1.807, 2.05) is 24.0 Å². The number of hydrogen-bond acceptors (Lipinski definition) is 4. The first-order valence-electron chi connectivity index (χ1n) is 8.92. The average molecular weight is 333 g/mol. The number of aromatic nitrogens is 2. The van der Waals surface area contributed by atoms with Gasteiger partial charge in [0.15, 0.2) is 0 Å². The Morgan fingerprint density at radius 1 is 1.38 bits per heavy atom. The summed E-state index contributed by atoms with van der Waals surface area (Å²) in [6.45, 7) is 4.83. The molecule has 2 N–H and O–H groups in total. The molecule has 3 rings (SSSR count). The first kappa shape index (κ1) is 17.0. The van der Waals surface area contributed by atoms with E-state index in [1.165, 1.54) is 0 Å². The van der Waals surface area contributed by atoms with Crippen LogP contribution in [0.5, 0.6) is 0 Å². The lowest BCUT2D eigenvalue weighted by molar-refractivity contribution is -0.129. The molecule has 0 bridgehead atoms. The molecule has 7 heteroatoms. The van der Waals surface area contributed by atoms with Crippen LogP contribution in [0, 0.1) is 6.92 Å². The maximum atomic E-state index is 12.4. The third-order valence-corrected chi connectivity index (χ3v) is 4.88. The second kappa shape index (κ2) is 7.79. The van der Waals surface area contributed by atoms with Gasteiger partial charge < -0.3 is 10.6 Å². The maximum Gasteiger partial charge on any atom is 0.242 e. The van der Waals surface area contributed by atoms with Crippen molar-refractivity contribution in [1.82, 2.24) is 25.3 Å². The molecule has 132 valence electrons. The third-order valence-electron chi connectivity index (χ3n) is 4.88. The van der Waals surface area contributed by atoms with Gasteiger partial charge in [0.05, 0.1) is 19.3 Å². The van der Waals surface area contributed by atoms with Crippen molar-refractivity contribution in [2.45, 2.75) is 57.7 Å². The first-order chi connectivity index (χ1) is 11.6. The number of amides is 2. The summed E-state index contributed by atoms with van der Waals surface area (Å²) >= 11 is 0. The molecule has 0 spiro atoms. The fraction of sp³-hybridized carbons (Fsp3) is 0.706. The van der Waals surface area contributed by atoms with Gasteiger partial charge in [-0.3, -0.25) is 19.2 Å². The van der Waals surface area contributed by atoms with Gasteiger partial charge in [-0.15, -0.1) is 0 Å². The second-order valence-electron chi connectivity index (χ2n) is 6.91. The summed E-state index contributed by atoms with van der Waals surface area (Å²) in [4.78, 5) is 26.5. The van der Waals surface area contributed by atoms with E-state index < -0.39 is 0 Å². The lowest BCUT2D eigenvalue weighted by Crippen LogP contribution is -2.49. The smallest absolute Gasteiger partial charge is 0.242 e. The molecule has 0 unspecified atom stereocenters. The highest BCUT2D eigenvalue weighted by atomic mass is 16.2. The molecule has 2 amide bonds. The molecule has 0 radical (unpaired) electrons. The van der Waals surface area contributed by atoms with E-state index >= 15 is 0 Å². The van der Waals surface area contributed by atoms with Gasteiger partial charge >= 0.3 is 0 Å². The van der Waals surface area contributed by atoms with E-state index in [1.54, 1.807) is 0 Å². The Hall–Kier alpha value is -1.89. The largest absolute Gasteiger partial charge is 0.354 e. The minimum absolute atomic E-state index is 0.0501. The molecule has 0 saturated carbocycles. The SMILES string of the molecule is Cc1cnn(C[C@@H]2CCCN2CC(=O)N[C@@H]2CCCCNC2=O)c1. The molecule has 3 heterocycles. The number of rotatable bonds is 5. The van der Waals surface area contributed by atoms with E-state index in [9.17, 15) is 9.59 Å². The Bertz CT molecular complexity index is 585. The summed E-state index contributed by atoms with van der Waals surface area (Å²) in [6, 6.07) is -0.0483. The van der Waals surface area contributed by atoms with Crippen LogP contribution in [0.25, 0.3) is 0 Å². The van der Waals surface area contributed by atoms with Crippen LogP contribution in [0.1, 0.15) is 37.7 Å². The quantitative estimate of drug-likeness (QED) is 0.819. The molecule has 0 aromatic carbocycles. The average Bonchev–Trinajstić information content (AvgIpc) is 3.09. The monoisotopic (exact) mass is 333 g/mol. The van der Waals surface area contributed by atoms with Gasteiger partial charge in [0.25, 0.3) is 0 Å². The number of carbonyl (C=O) groups is 2. The lowest BCUT2D eigenvalue weighted by Gasteiger charge is -2.25. The highest BCUT2D eigenvalue weighted by Crippen LogP contribution is 2.18. The zero-order valence-corrected chi connectivity index (χ0v) is 14.3. The Kier molecular flexibility index (Phi) is 5.50. The number of carbonyl (C=O) groups excluding carboxylic acids is 2. The van der Waals surface area contributed by atoms with Crippen LogP contribution in [-0.4, -0.2) is 58.2 Å². The number of nitrogens with one attached hydrogen (secondary N) is 2. The fourth-order valence-corrected chi connectivity index (χ4v) is 3.59. The number of likely N-dealkylation sites (tertiary alicyclic amines) is 1. The van der Waals surface area contributed by atoms with Crippen molar-refractivity contribution < 1.29 is 9.59 Å². The molecule has 24 heavy (non-hydrogen) atoms. The van der Waals surface area contributed by atoms with E-state index in [2.05, 4.69) is 20.6 Å². The van der Waals surface area contributed by atoms with E-state index in [0.29, 0.717) is 19.1 Å². The molecule has 1 aromatic rings. The van der Waals surface area contributed by atoms with Gasteiger partial charge in [-0.2, -0.15) is 5.10 Å². The van der Waals surface area contributed by atoms with Crippen molar-refractivity contribution in [3.8, 4) is 0 Å². The molecule has 2 atom stereocenters. The molecule has 2 aliphatic heterocycles. The molecule has 0 aliphatic carbocycles. The van der Waals surface area contributed by atoms with Gasteiger partial charge in [-0.25, -0.2) is 0 Å². The third kappa shape index (κ3) is 4.35. The number of nitrogens with zero attached hydrogens (tertiary/aromatic N) is 3. The van der Waals surface area contributed by atoms with E-state index in [4.69, 9.17) is 0 Å². The van der Waals surface area contributed by atoms with Crippen molar-refractivity contribution in [2.24, 2.45) is 0 Å². The Labute approximate surface area is 142 Å². The van der Waals surface area contributed by atoms with E-state index in [0.717, 1.165) is 50.8 Å². The standard InChI is InChI=1S/C17H27N5O2/c1-13-9-19-22(10-13)11-14-5-4-8-21(14)12-16(23)20-15-6-2-3-7-18-17(15)24/h9-10,14-15H,2-8,11-12H2,1H3,(H,18,24)(H,20,23)/t14-,15+/m0/s1. The molecule has 2 aliphatic rings. The first-order valence-corrected chi connectivity index (χ1v) is 8.92. The van der Waals surface area contributed by atoms with Gasteiger partial charge in [0.2, 0.25) is 11.8 Å². The summed E-state index contributed by atoms with van der Waals surface area (Å²) in [7, 11) is 0. The Morgan fingerprint density at radius 2 is 2.25 bits per heavy atom. The molecule has 1 aromatic heterocycles. The minimum atomic E-state index is -0.380. The highest BCUT2D eigenvalue weighted by molar-refractivity contribution is 5.88. The minimum Gasteiger partial charge on any atom is -0.354 e. The van der Waals surface area contributed by atoms with Crippen molar-refractivity contribution >= 4 is 11.8 Å². The highest BCUT2D eigenvalue weighted by Gasteiger charge is 2.28. The Morgan fingerprint density at radius 3 is 3.04 bits per heavy atom. The topological polar surface area (TPSA) is 79.3 Å². The molecule has 7 nitrogen and oxygen atoms in total. The number of hydrogen-bond donors (Lipinski definition) is 2. The van der Waals surface area contributed by atoms with Gasteiger partial charge in [-0.1, -0.05) is 0 Å².